The van der Waals surface area contributed by atoms with Crippen LogP contribution in [0.25, 0.3) is 0 Å². The molecule has 0 aliphatic rings. The maximum absolute atomic E-state index is 12.6. The Kier molecular flexibility index (Phi) is 5.86. The van der Waals surface area contributed by atoms with Gasteiger partial charge in [0.05, 0.1) is 32.0 Å². The van der Waals surface area contributed by atoms with Crippen molar-refractivity contribution in [3.63, 3.8) is 0 Å². The Bertz CT molecular complexity index is 766. The molecule has 2 rings (SSSR count). The lowest BCUT2D eigenvalue weighted by atomic mass is 10.0. The largest absolute Gasteiger partial charge is 0.497 e. The Hall–Kier alpha value is -2.61. The Morgan fingerprint density at radius 1 is 1.27 bits per heavy atom. The van der Waals surface area contributed by atoms with Gasteiger partial charge in [0, 0.05) is 5.56 Å². The molecule has 0 bridgehead atoms. The molecule has 0 saturated carbocycles. The molecule has 1 aromatic carbocycles. The number of nitrogens with one attached hydrogen (secondary N) is 1. The van der Waals surface area contributed by atoms with Crippen molar-refractivity contribution in [2.45, 2.75) is 45.3 Å². The number of nitrogens with two attached hydrogens (primary N) is 1. The number of rotatable bonds is 7. The molecule has 1 amide bonds. The number of ether oxygens (including phenoxy) is 2. The smallest absolute Gasteiger partial charge is 0.245 e. The average molecular weight is 361 g/mol. The summed E-state index contributed by atoms with van der Waals surface area (Å²) in [5, 5.41) is 11.0. The van der Waals surface area contributed by atoms with Crippen LogP contribution in [0.3, 0.4) is 0 Å². The van der Waals surface area contributed by atoms with Crippen molar-refractivity contribution >= 4 is 5.91 Å². The van der Waals surface area contributed by atoms with Crippen molar-refractivity contribution in [2.75, 3.05) is 14.2 Å². The Labute approximate surface area is 153 Å². The predicted octanol–water partition coefficient (Wildman–Crippen LogP) is 1.93. The second-order valence-corrected chi connectivity index (χ2v) is 6.82. The van der Waals surface area contributed by atoms with Crippen LogP contribution in [0.1, 0.15) is 51.0 Å². The number of hydrogen-bond donors (Lipinski definition) is 2. The molecule has 0 radical (unpaired) electrons. The lowest BCUT2D eigenvalue weighted by Gasteiger charge is -2.20. The van der Waals surface area contributed by atoms with Crippen LogP contribution in [0.4, 0.5) is 0 Å². The molecule has 3 N–H and O–H groups in total. The zero-order valence-electron chi connectivity index (χ0n) is 16.1. The van der Waals surface area contributed by atoms with Gasteiger partial charge >= 0.3 is 0 Å². The van der Waals surface area contributed by atoms with Crippen LogP contribution in [0.15, 0.2) is 24.4 Å². The van der Waals surface area contributed by atoms with Gasteiger partial charge < -0.3 is 20.5 Å². The van der Waals surface area contributed by atoms with Crippen molar-refractivity contribution in [3.8, 4) is 11.5 Å². The Morgan fingerprint density at radius 2 is 1.96 bits per heavy atom. The summed E-state index contributed by atoms with van der Waals surface area (Å²) in [5.74, 6) is 1.19. The fourth-order valence-electron chi connectivity index (χ4n) is 2.47. The number of methoxy groups -OCH3 is 2. The molecule has 1 heterocycles. The molecule has 8 nitrogen and oxygen atoms in total. The van der Waals surface area contributed by atoms with Gasteiger partial charge in [-0.2, -0.15) is 0 Å². The SMILES string of the molecule is COc1ccc(OC)c(C(C)NC(=O)C(C)n2cc(C(C)(C)N)nn2)c1. The van der Waals surface area contributed by atoms with Crippen molar-refractivity contribution < 1.29 is 14.3 Å². The van der Waals surface area contributed by atoms with Gasteiger partial charge in [-0.05, 0) is 45.9 Å². The van der Waals surface area contributed by atoms with Gasteiger partial charge in [-0.3, -0.25) is 4.79 Å². The average Bonchev–Trinajstić information content (AvgIpc) is 3.10. The van der Waals surface area contributed by atoms with E-state index < -0.39 is 11.6 Å². The van der Waals surface area contributed by atoms with Crippen molar-refractivity contribution in [1.82, 2.24) is 20.3 Å². The summed E-state index contributed by atoms with van der Waals surface area (Å²) in [6.07, 6.45) is 1.70. The molecular formula is C18H27N5O3. The van der Waals surface area contributed by atoms with Crippen LogP contribution in [-0.2, 0) is 10.3 Å². The van der Waals surface area contributed by atoms with E-state index in [9.17, 15) is 4.79 Å². The van der Waals surface area contributed by atoms with Crippen LogP contribution in [0.2, 0.25) is 0 Å². The summed E-state index contributed by atoms with van der Waals surface area (Å²) >= 11 is 0. The highest BCUT2D eigenvalue weighted by molar-refractivity contribution is 5.80. The fraction of sp³-hybridized carbons (Fsp3) is 0.500. The van der Waals surface area contributed by atoms with E-state index in [1.165, 1.54) is 4.68 Å². The van der Waals surface area contributed by atoms with Crippen molar-refractivity contribution in [3.05, 3.63) is 35.7 Å². The standard InChI is InChI=1S/C18H27N5O3/c1-11(14-9-13(25-5)7-8-15(14)26-6)20-17(24)12(2)23-10-16(21-22-23)18(3,4)19/h7-12H,19H2,1-6H3,(H,20,24). The number of nitrogens with zero attached hydrogens (tertiary/aromatic N) is 3. The molecule has 0 aliphatic heterocycles. The number of aromatic nitrogens is 3. The first kappa shape index (κ1) is 19.7. The van der Waals surface area contributed by atoms with E-state index in [1.54, 1.807) is 27.3 Å². The van der Waals surface area contributed by atoms with E-state index in [2.05, 4.69) is 15.6 Å². The zero-order valence-corrected chi connectivity index (χ0v) is 16.1. The van der Waals surface area contributed by atoms with Crippen LogP contribution in [0.5, 0.6) is 11.5 Å². The summed E-state index contributed by atoms with van der Waals surface area (Å²) in [7, 11) is 3.19. The van der Waals surface area contributed by atoms with Crippen LogP contribution < -0.4 is 20.5 Å². The maximum atomic E-state index is 12.6. The molecule has 0 spiro atoms. The topological polar surface area (TPSA) is 104 Å². The van der Waals surface area contributed by atoms with Crippen molar-refractivity contribution in [1.29, 1.82) is 0 Å². The highest BCUT2D eigenvalue weighted by atomic mass is 16.5. The minimum Gasteiger partial charge on any atom is -0.497 e. The molecule has 0 fully saturated rings. The van der Waals surface area contributed by atoms with Crippen LogP contribution >= 0.6 is 0 Å². The molecule has 0 aliphatic carbocycles. The Morgan fingerprint density at radius 3 is 2.50 bits per heavy atom. The molecule has 2 unspecified atom stereocenters. The monoisotopic (exact) mass is 361 g/mol. The number of amides is 1. The third-order valence-corrected chi connectivity index (χ3v) is 4.21. The second kappa shape index (κ2) is 7.74. The number of benzene rings is 1. The van der Waals surface area contributed by atoms with E-state index in [1.807, 2.05) is 39.0 Å². The molecular weight excluding hydrogens is 334 g/mol. The first-order valence-corrected chi connectivity index (χ1v) is 8.40. The first-order valence-electron chi connectivity index (χ1n) is 8.40. The van der Waals surface area contributed by atoms with Gasteiger partial charge in [0.1, 0.15) is 23.2 Å². The third kappa shape index (κ3) is 4.32. The summed E-state index contributed by atoms with van der Waals surface area (Å²) in [6, 6.07) is 4.67. The van der Waals surface area contributed by atoms with Crippen LogP contribution in [-0.4, -0.2) is 35.1 Å². The summed E-state index contributed by atoms with van der Waals surface area (Å²) in [4.78, 5) is 12.6. The highest BCUT2D eigenvalue weighted by Gasteiger charge is 2.24. The molecule has 2 aromatic rings. The summed E-state index contributed by atoms with van der Waals surface area (Å²) in [5.41, 5.74) is 6.86. The number of carbonyl (C=O) groups is 1. The van der Waals surface area contributed by atoms with E-state index in [0.717, 1.165) is 5.56 Å². The van der Waals surface area contributed by atoms with Gasteiger partial charge in [-0.25, -0.2) is 4.68 Å². The minimum atomic E-state index is -0.615. The predicted molar refractivity (Wildman–Crippen MR) is 98.1 cm³/mol. The Balaban J connectivity index is 2.15. The lowest BCUT2D eigenvalue weighted by molar-refractivity contribution is -0.124. The molecule has 0 saturated heterocycles. The highest BCUT2D eigenvalue weighted by Crippen LogP contribution is 2.29. The summed E-state index contributed by atoms with van der Waals surface area (Å²) < 4.78 is 12.2. The molecule has 8 heteroatoms. The fourth-order valence-corrected chi connectivity index (χ4v) is 2.47. The second-order valence-electron chi connectivity index (χ2n) is 6.82. The number of hydrogen-bond acceptors (Lipinski definition) is 6. The van der Waals surface area contributed by atoms with Gasteiger partial charge in [-0.15, -0.1) is 5.10 Å². The maximum Gasteiger partial charge on any atom is 0.245 e. The van der Waals surface area contributed by atoms with Crippen molar-refractivity contribution in [2.24, 2.45) is 5.73 Å². The van der Waals surface area contributed by atoms with Crippen LogP contribution in [0, 0.1) is 0 Å². The quantitative estimate of drug-likeness (QED) is 0.781. The van der Waals surface area contributed by atoms with E-state index in [4.69, 9.17) is 15.2 Å². The van der Waals surface area contributed by atoms with Gasteiger partial charge in [0.2, 0.25) is 5.91 Å². The van der Waals surface area contributed by atoms with Gasteiger partial charge in [0.25, 0.3) is 0 Å². The van der Waals surface area contributed by atoms with E-state index >= 15 is 0 Å². The molecule has 1 aromatic heterocycles. The van der Waals surface area contributed by atoms with Gasteiger partial charge in [-0.1, -0.05) is 5.21 Å². The zero-order chi connectivity index (χ0) is 19.5. The molecule has 142 valence electrons. The first-order chi connectivity index (χ1) is 12.2. The third-order valence-electron chi connectivity index (χ3n) is 4.21. The lowest BCUT2D eigenvalue weighted by Crippen LogP contribution is -2.33. The summed E-state index contributed by atoms with van der Waals surface area (Å²) in [6.45, 7) is 7.32. The normalized spacial score (nSPS) is 13.8. The van der Waals surface area contributed by atoms with Gasteiger partial charge in [0.15, 0.2) is 0 Å². The number of carbonyl (C=O) groups excluding carboxylic acids is 1. The minimum absolute atomic E-state index is 0.186. The van der Waals surface area contributed by atoms with E-state index in [-0.39, 0.29) is 11.9 Å². The van der Waals surface area contributed by atoms with E-state index in [0.29, 0.717) is 17.2 Å². The molecule has 2 atom stereocenters. The molecule has 26 heavy (non-hydrogen) atoms.